The zero-order chi connectivity index (χ0) is 12.6. The van der Waals surface area contributed by atoms with Crippen LogP contribution in [0.2, 0.25) is 0 Å². The highest BCUT2D eigenvalue weighted by Crippen LogP contribution is 2.40. The SMILES string of the molecule is CC1(C)CCCC(N)(C(=O)OC(C)(C)C)C1. The quantitative estimate of drug-likeness (QED) is 0.701. The fourth-order valence-corrected chi connectivity index (χ4v) is 2.47. The monoisotopic (exact) mass is 227 g/mol. The van der Waals surface area contributed by atoms with Crippen molar-refractivity contribution in [3.8, 4) is 0 Å². The lowest BCUT2D eigenvalue weighted by Crippen LogP contribution is -2.55. The number of carbonyl (C=O) groups is 1. The minimum Gasteiger partial charge on any atom is -0.459 e. The van der Waals surface area contributed by atoms with E-state index in [1.807, 2.05) is 20.8 Å². The van der Waals surface area contributed by atoms with Gasteiger partial charge in [0.25, 0.3) is 0 Å². The summed E-state index contributed by atoms with van der Waals surface area (Å²) >= 11 is 0. The standard InChI is InChI=1S/C13H25NO2/c1-11(2,3)16-10(15)13(14)8-6-7-12(4,5)9-13/h6-9,14H2,1-5H3. The maximum absolute atomic E-state index is 12.1. The fraction of sp³-hybridized carbons (Fsp3) is 0.923. The molecule has 1 atom stereocenters. The first kappa shape index (κ1) is 13.5. The molecule has 1 saturated carbocycles. The number of ether oxygens (including phenoxy) is 1. The van der Waals surface area contributed by atoms with Gasteiger partial charge in [0.15, 0.2) is 0 Å². The number of esters is 1. The molecule has 94 valence electrons. The van der Waals surface area contributed by atoms with E-state index in [4.69, 9.17) is 10.5 Å². The molecule has 0 spiro atoms. The van der Waals surface area contributed by atoms with E-state index in [1.54, 1.807) is 0 Å². The summed E-state index contributed by atoms with van der Waals surface area (Å²) in [7, 11) is 0. The Morgan fingerprint density at radius 3 is 2.25 bits per heavy atom. The molecule has 2 N–H and O–H groups in total. The van der Waals surface area contributed by atoms with E-state index < -0.39 is 11.1 Å². The predicted molar refractivity (Wildman–Crippen MR) is 65.0 cm³/mol. The summed E-state index contributed by atoms with van der Waals surface area (Å²) in [4.78, 5) is 12.1. The second-order valence-corrected chi connectivity index (χ2v) is 6.85. The molecule has 0 aromatic heterocycles. The average molecular weight is 227 g/mol. The smallest absolute Gasteiger partial charge is 0.326 e. The summed E-state index contributed by atoms with van der Waals surface area (Å²) in [6, 6.07) is 0. The van der Waals surface area contributed by atoms with Gasteiger partial charge in [-0.25, -0.2) is 0 Å². The van der Waals surface area contributed by atoms with Gasteiger partial charge in [0.1, 0.15) is 11.1 Å². The molecule has 1 rings (SSSR count). The van der Waals surface area contributed by atoms with Crippen LogP contribution in [0.5, 0.6) is 0 Å². The first-order chi connectivity index (χ1) is 7.04. The van der Waals surface area contributed by atoms with Crippen LogP contribution in [0.3, 0.4) is 0 Å². The molecule has 1 aliphatic carbocycles. The van der Waals surface area contributed by atoms with Gasteiger partial charge in [-0.2, -0.15) is 0 Å². The van der Waals surface area contributed by atoms with Crippen molar-refractivity contribution in [1.82, 2.24) is 0 Å². The summed E-state index contributed by atoms with van der Waals surface area (Å²) in [6.45, 7) is 9.96. The molecule has 3 heteroatoms. The lowest BCUT2D eigenvalue weighted by Gasteiger charge is -2.41. The van der Waals surface area contributed by atoms with Gasteiger partial charge in [0.2, 0.25) is 0 Å². The van der Waals surface area contributed by atoms with Crippen molar-refractivity contribution in [1.29, 1.82) is 0 Å². The minimum atomic E-state index is -0.783. The van der Waals surface area contributed by atoms with Crippen molar-refractivity contribution < 1.29 is 9.53 Å². The Hall–Kier alpha value is -0.570. The van der Waals surface area contributed by atoms with E-state index in [0.717, 1.165) is 25.7 Å². The van der Waals surface area contributed by atoms with E-state index in [9.17, 15) is 4.79 Å². The van der Waals surface area contributed by atoms with Gasteiger partial charge in [0.05, 0.1) is 0 Å². The Morgan fingerprint density at radius 2 is 1.81 bits per heavy atom. The Balaban J connectivity index is 2.74. The summed E-state index contributed by atoms with van der Waals surface area (Å²) in [5.41, 5.74) is 5.12. The Labute approximate surface area is 98.7 Å². The van der Waals surface area contributed by atoms with Crippen LogP contribution >= 0.6 is 0 Å². The van der Waals surface area contributed by atoms with Crippen LogP contribution in [0, 0.1) is 5.41 Å². The third kappa shape index (κ3) is 3.48. The summed E-state index contributed by atoms with van der Waals surface area (Å²) < 4.78 is 5.41. The highest BCUT2D eigenvalue weighted by molar-refractivity contribution is 5.81. The average Bonchev–Trinajstić information content (AvgIpc) is 1.97. The number of hydrogen-bond acceptors (Lipinski definition) is 3. The van der Waals surface area contributed by atoms with Crippen LogP contribution in [0.25, 0.3) is 0 Å². The van der Waals surface area contributed by atoms with Crippen LogP contribution in [0.15, 0.2) is 0 Å². The molecule has 0 bridgehead atoms. The van der Waals surface area contributed by atoms with Crippen LogP contribution in [-0.4, -0.2) is 17.1 Å². The van der Waals surface area contributed by atoms with Crippen LogP contribution in [-0.2, 0) is 9.53 Å². The highest BCUT2D eigenvalue weighted by Gasteiger charge is 2.44. The number of nitrogens with two attached hydrogens (primary N) is 1. The number of rotatable bonds is 1. The Morgan fingerprint density at radius 1 is 1.25 bits per heavy atom. The number of carbonyl (C=O) groups excluding carboxylic acids is 1. The molecule has 1 unspecified atom stereocenters. The molecule has 0 radical (unpaired) electrons. The molecule has 16 heavy (non-hydrogen) atoms. The molecule has 1 fully saturated rings. The third-order valence-corrected chi connectivity index (χ3v) is 3.08. The van der Waals surface area contributed by atoms with E-state index in [2.05, 4.69) is 13.8 Å². The zero-order valence-electron chi connectivity index (χ0n) is 11.2. The summed E-state index contributed by atoms with van der Waals surface area (Å²) in [5, 5.41) is 0. The lowest BCUT2D eigenvalue weighted by molar-refractivity contribution is -0.164. The Kier molecular flexibility index (Phi) is 3.39. The van der Waals surface area contributed by atoms with Gasteiger partial charge in [-0.05, 0) is 45.4 Å². The molecule has 1 aliphatic rings. The van der Waals surface area contributed by atoms with E-state index in [0.29, 0.717) is 0 Å². The molecule has 0 amide bonds. The van der Waals surface area contributed by atoms with Gasteiger partial charge in [-0.3, -0.25) is 4.79 Å². The molecule has 0 aromatic rings. The minimum absolute atomic E-state index is 0.143. The topological polar surface area (TPSA) is 52.3 Å². The van der Waals surface area contributed by atoms with E-state index in [-0.39, 0.29) is 11.4 Å². The maximum atomic E-state index is 12.1. The van der Waals surface area contributed by atoms with Crippen LogP contribution in [0.1, 0.15) is 60.3 Å². The highest BCUT2D eigenvalue weighted by atomic mass is 16.6. The van der Waals surface area contributed by atoms with Crippen molar-refractivity contribution in [2.24, 2.45) is 11.1 Å². The van der Waals surface area contributed by atoms with Crippen molar-refractivity contribution >= 4 is 5.97 Å². The fourth-order valence-electron chi connectivity index (χ4n) is 2.47. The molecular formula is C13H25NO2. The van der Waals surface area contributed by atoms with Gasteiger partial charge in [-0.1, -0.05) is 20.3 Å². The van der Waals surface area contributed by atoms with Crippen molar-refractivity contribution in [3.05, 3.63) is 0 Å². The van der Waals surface area contributed by atoms with Gasteiger partial charge in [-0.15, -0.1) is 0 Å². The molecule has 0 saturated heterocycles. The first-order valence-corrected chi connectivity index (χ1v) is 6.07. The third-order valence-electron chi connectivity index (χ3n) is 3.08. The second kappa shape index (κ2) is 4.02. The summed E-state index contributed by atoms with van der Waals surface area (Å²) in [6.07, 6.45) is 3.59. The molecule has 3 nitrogen and oxygen atoms in total. The van der Waals surface area contributed by atoms with Crippen LogP contribution < -0.4 is 5.73 Å². The van der Waals surface area contributed by atoms with E-state index in [1.165, 1.54) is 0 Å². The van der Waals surface area contributed by atoms with Gasteiger partial charge < -0.3 is 10.5 Å². The molecular weight excluding hydrogens is 202 g/mol. The largest absolute Gasteiger partial charge is 0.459 e. The second-order valence-electron chi connectivity index (χ2n) is 6.85. The van der Waals surface area contributed by atoms with Gasteiger partial charge >= 0.3 is 5.97 Å². The van der Waals surface area contributed by atoms with Crippen molar-refractivity contribution in [2.45, 2.75) is 71.4 Å². The Bertz CT molecular complexity index is 278. The van der Waals surface area contributed by atoms with Crippen molar-refractivity contribution in [3.63, 3.8) is 0 Å². The summed E-state index contributed by atoms with van der Waals surface area (Å²) in [5.74, 6) is -0.243. The first-order valence-electron chi connectivity index (χ1n) is 6.07. The predicted octanol–water partition coefficient (Wildman–Crippen LogP) is 2.63. The molecule has 0 aliphatic heterocycles. The normalized spacial score (nSPS) is 29.9. The zero-order valence-corrected chi connectivity index (χ0v) is 11.2. The maximum Gasteiger partial charge on any atom is 0.326 e. The van der Waals surface area contributed by atoms with Gasteiger partial charge in [0, 0.05) is 0 Å². The van der Waals surface area contributed by atoms with Crippen molar-refractivity contribution in [2.75, 3.05) is 0 Å². The molecule has 0 aromatic carbocycles. The van der Waals surface area contributed by atoms with Crippen LogP contribution in [0.4, 0.5) is 0 Å². The van der Waals surface area contributed by atoms with E-state index >= 15 is 0 Å². The number of hydrogen-bond donors (Lipinski definition) is 1. The molecule has 0 heterocycles. The lowest BCUT2D eigenvalue weighted by atomic mass is 9.68.